The zero-order valence-electron chi connectivity index (χ0n) is 9.77. The van der Waals surface area contributed by atoms with Gasteiger partial charge in [-0.05, 0) is 25.1 Å². The average molecular weight is 294 g/mol. The standard InChI is InChI=1S/C10H12ClNO5S/c1-3-17-8-5-4-7(12-10(13)16-2)6-9(8)18(11,14)15/h4-6H,3H2,1-2H3,(H,12,13). The third kappa shape index (κ3) is 3.78. The molecule has 8 heteroatoms. The van der Waals surface area contributed by atoms with E-state index in [4.69, 9.17) is 15.4 Å². The van der Waals surface area contributed by atoms with Crippen LogP contribution in [0.25, 0.3) is 0 Å². The van der Waals surface area contributed by atoms with Crippen LogP contribution in [0.2, 0.25) is 0 Å². The number of amides is 1. The average Bonchev–Trinajstić information content (AvgIpc) is 2.30. The topological polar surface area (TPSA) is 81.7 Å². The molecule has 0 aromatic heterocycles. The van der Waals surface area contributed by atoms with E-state index in [-0.39, 0.29) is 16.3 Å². The van der Waals surface area contributed by atoms with Crippen LogP contribution in [0.15, 0.2) is 23.1 Å². The Bertz CT molecular complexity index is 543. The molecule has 0 radical (unpaired) electrons. The van der Waals surface area contributed by atoms with Crippen molar-refractivity contribution < 1.29 is 22.7 Å². The molecule has 0 aliphatic carbocycles. The van der Waals surface area contributed by atoms with Gasteiger partial charge in [0.05, 0.1) is 13.7 Å². The normalized spacial score (nSPS) is 10.8. The van der Waals surface area contributed by atoms with E-state index in [1.807, 2.05) is 0 Å². The van der Waals surface area contributed by atoms with Gasteiger partial charge in [-0.1, -0.05) is 0 Å². The number of hydrogen-bond donors (Lipinski definition) is 1. The van der Waals surface area contributed by atoms with Crippen LogP contribution in [-0.2, 0) is 13.8 Å². The van der Waals surface area contributed by atoms with Crippen molar-refractivity contribution in [3.8, 4) is 5.75 Å². The molecule has 1 amide bonds. The minimum Gasteiger partial charge on any atom is -0.492 e. The molecule has 18 heavy (non-hydrogen) atoms. The number of anilines is 1. The highest BCUT2D eigenvalue weighted by molar-refractivity contribution is 8.13. The second-order valence-electron chi connectivity index (χ2n) is 3.15. The van der Waals surface area contributed by atoms with Gasteiger partial charge >= 0.3 is 6.09 Å². The summed E-state index contributed by atoms with van der Waals surface area (Å²) in [6.45, 7) is 2.01. The van der Waals surface area contributed by atoms with Gasteiger partial charge in [-0.3, -0.25) is 5.32 Å². The molecule has 0 bridgehead atoms. The summed E-state index contributed by atoms with van der Waals surface area (Å²) in [4.78, 5) is 10.8. The van der Waals surface area contributed by atoms with Crippen LogP contribution in [-0.4, -0.2) is 28.2 Å². The van der Waals surface area contributed by atoms with Crippen molar-refractivity contribution in [3.63, 3.8) is 0 Å². The molecule has 1 rings (SSSR count). The Balaban J connectivity index is 3.17. The first kappa shape index (κ1) is 14.6. The van der Waals surface area contributed by atoms with Crippen LogP contribution < -0.4 is 10.1 Å². The number of methoxy groups -OCH3 is 1. The number of hydrogen-bond acceptors (Lipinski definition) is 5. The molecule has 0 saturated carbocycles. The number of ether oxygens (including phenoxy) is 2. The molecule has 6 nitrogen and oxygen atoms in total. The quantitative estimate of drug-likeness (QED) is 0.861. The predicted octanol–water partition coefficient (Wildman–Crippen LogP) is 2.19. The van der Waals surface area contributed by atoms with Crippen molar-refractivity contribution in [1.29, 1.82) is 0 Å². The Hall–Kier alpha value is -1.47. The fourth-order valence-corrected chi connectivity index (χ4v) is 2.22. The van der Waals surface area contributed by atoms with E-state index in [1.165, 1.54) is 25.3 Å². The lowest BCUT2D eigenvalue weighted by molar-refractivity contribution is 0.187. The summed E-state index contributed by atoms with van der Waals surface area (Å²) in [6, 6.07) is 4.09. The first-order chi connectivity index (χ1) is 8.38. The number of nitrogens with one attached hydrogen (secondary N) is 1. The minimum atomic E-state index is -3.97. The maximum absolute atomic E-state index is 11.4. The van der Waals surface area contributed by atoms with E-state index in [0.717, 1.165) is 0 Å². The van der Waals surface area contributed by atoms with Crippen LogP contribution in [0.1, 0.15) is 6.92 Å². The van der Waals surface area contributed by atoms with Gasteiger partial charge in [-0.25, -0.2) is 13.2 Å². The Morgan fingerprint density at radius 1 is 1.44 bits per heavy atom. The zero-order chi connectivity index (χ0) is 13.8. The van der Waals surface area contributed by atoms with Crippen LogP contribution in [0.4, 0.5) is 10.5 Å². The smallest absolute Gasteiger partial charge is 0.411 e. The van der Waals surface area contributed by atoms with E-state index in [9.17, 15) is 13.2 Å². The van der Waals surface area contributed by atoms with Gasteiger partial charge in [0.25, 0.3) is 9.05 Å². The molecular formula is C10H12ClNO5S. The van der Waals surface area contributed by atoms with Crippen molar-refractivity contribution in [2.45, 2.75) is 11.8 Å². The van der Waals surface area contributed by atoms with E-state index < -0.39 is 15.1 Å². The highest BCUT2D eigenvalue weighted by Gasteiger charge is 2.18. The number of benzene rings is 1. The van der Waals surface area contributed by atoms with Crippen molar-refractivity contribution in [2.75, 3.05) is 19.0 Å². The first-order valence-corrected chi connectivity index (χ1v) is 7.26. The van der Waals surface area contributed by atoms with Crippen LogP contribution in [0.5, 0.6) is 5.75 Å². The highest BCUT2D eigenvalue weighted by atomic mass is 35.7. The number of rotatable bonds is 4. The third-order valence-corrected chi connectivity index (χ3v) is 3.28. The van der Waals surface area contributed by atoms with Crippen LogP contribution in [0, 0.1) is 0 Å². The maximum atomic E-state index is 11.4. The van der Waals surface area contributed by atoms with Gasteiger partial charge in [0.1, 0.15) is 10.6 Å². The number of carbonyl (C=O) groups is 1. The Labute approximate surface area is 109 Å². The molecule has 0 saturated heterocycles. The van der Waals surface area contributed by atoms with Crippen molar-refractivity contribution >= 4 is 31.5 Å². The van der Waals surface area contributed by atoms with Gasteiger partial charge in [0.2, 0.25) is 0 Å². The summed E-state index contributed by atoms with van der Waals surface area (Å²) in [5.41, 5.74) is 0.240. The van der Waals surface area contributed by atoms with Gasteiger partial charge < -0.3 is 9.47 Å². The first-order valence-electron chi connectivity index (χ1n) is 4.95. The summed E-state index contributed by atoms with van der Waals surface area (Å²) >= 11 is 0. The lowest BCUT2D eigenvalue weighted by Gasteiger charge is -2.10. The molecular weight excluding hydrogens is 282 g/mol. The minimum absolute atomic E-state index is 0.128. The van der Waals surface area contributed by atoms with Crippen molar-refractivity contribution in [2.24, 2.45) is 0 Å². The van der Waals surface area contributed by atoms with E-state index in [2.05, 4.69) is 10.1 Å². The molecule has 1 aromatic carbocycles. The Morgan fingerprint density at radius 3 is 2.61 bits per heavy atom. The Kier molecular flexibility index (Phi) is 4.80. The van der Waals surface area contributed by atoms with Crippen molar-refractivity contribution in [3.05, 3.63) is 18.2 Å². The van der Waals surface area contributed by atoms with Gasteiger partial charge in [0.15, 0.2) is 0 Å². The summed E-state index contributed by atoms with van der Waals surface area (Å²) in [5, 5.41) is 2.33. The largest absolute Gasteiger partial charge is 0.492 e. The number of halogens is 1. The molecule has 0 unspecified atom stereocenters. The molecule has 100 valence electrons. The SMILES string of the molecule is CCOc1ccc(NC(=O)OC)cc1S(=O)(=O)Cl. The predicted molar refractivity (Wildman–Crippen MR) is 66.7 cm³/mol. The lowest BCUT2D eigenvalue weighted by atomic mass is 10.3. The molecule has 0 fully saturated rings. The highest BCUT2D eigenvalue weighted by Crippen LogP contribution is 2.30. The summed E-state index contributed by atoms with van der Waals surface area (Å²) in [6.07, 6.45) is -0.711. The maximum Gasteiger partial charge on any atom is 0.411 e. The van der Waals surface area contributed by atoms with Crippen LogP contribution in [0.3, 0.4) is 0 Å². The second-order valence-corrected chi connectivity index (χ2v) is 5.68. The van der Waals surface area contributed by atoms with Gasteiger partial charge in [-0.15, -0.1) is 0 Å². The van der Waals surface area contributed by atoms with Gasteiger partial charge in [0, 0.05) is 16.4 Å². The monoisotopic (exact) mass is 293 g/mol. The second kappa shape index (κ2) is 5.92. The summed E-state index contributed by atoms with van der Waals surface area (Å²) < 4.78 is 32.3. The fourth-order valence-electron chi connectivity index (χ4n) is 1.22. The fraction of sp³-hybridized carbons (Fsp3) is 0.300. The summed E-state index contributed by atoms with van der Waals surface area (Å²) in [5.74, 6) is 0.128. The molecule has 0 atom stereocenters. The van der Waals surface area contributed by atoms with Crippen LogP contribution >= 0.6 is 10.7 Å². The van der Waals surface area contributed by atoms with E-state index in [0.29, 0.717) is 6.61 Å². The molecule has 0 aliphatic heterocycles. The van der Waals surface area contributed by atoms with E-state index in [1.54, 1.807) is 6.92 Å². The third-order valence-electron chi connectivity index (χ3n) is 1.94. The zero-order valence-corrected chi connectivity index (χ0v) is 11.3. The molecule has 0 heterocycles. The molecule has 0 aliphatic rings. The number of carbonyl (C=O) groups excluding carboxylic acids is 1. The molecule has 0 spiro atoms. The lowest BCUT2D eigenvalue weighted by Crippen LogP contribution is -2.11. The van der Waals surface area contributed by atoms with Crippen molar-refractivity contribution in [1.82, 2.24) is 0 Å². The molecule has 1 aromatic rings. The Morgan fingerprint density at radius 2 is 2.11 bits per heavy atom. The van der Waals surface area contributed by atoms with E-state index >= 15 is 0 Å². The summed E-state index contributed by atoms with van der Waals surface area (Å²) in [7, 11) is 2.52. The molecule has 1 N–H and O–H groups in total. The van der Waals surface area contributed by atoms with Gasteiger partial charge in [-0.2, -0.15) is 0 Å².